The van der Waals surface area contributed by atoms with Crippen LogP contribution in [0.4, 0.5) is 0 Å². The highest BCUT2D eigenvalue weighted by Gasteiger charge is 1.85. The van der Waals surface area contributed by atoms with Crippen LogP contribution in [0.2, 0.25) is 0 Å². The van der Waals surface area contributed by atoms with E-state index in [9.17, 15) is 0 Å². The molecule has 0 aliphatic carbocycles. The lowest BCUT2D eigenvalue weighted by atomic mass is 10.4. The SMILES string of the molecule is Cc1cc[nH]c1P. The lowest BCUT2D eigenvalue weighted by molar-refractivity contribution is 1.46. The summed E-state index contributed by atoms with van der Waals surface area (Å²) in [6, 6.07) is 2.04. The maximum absolute atomic E-state index is 3.03. The van der Waals surface area contributed by atoms with Crippen molar-refractivity contribution >= 4 is 14.7 Å². The molecule has 1 atom stereocenters. The van der Waals surface area contributed by atoms with Gasteiger partial charge >= 0.3 is 0 Å². The van der Waals surface area contributed by atoms with Crippen molar-refractivity contribution in [3.8, 4) is 0 Å². The molecular weight excluding hydrogens is 105 g/mol. The van der Waals surface area contributed by atoms with E-state index in [2.05, 4.69) is 21.1 Å². The predicted molar refractivity (Wildman–Crippen MR) is 34.9 cm³/mol. The lowest BCUT2D eigenvalue weighted by Gasteiger charge is -1.81. The second kappa shape index (κ2) is 1.67. The zero-order valence-corrected chi connectivity index (χ0v) is 5.39. The fraction of sp³-hybridized carbons (Fsp3) is 0.200. The van der Waals surface area contributed by atoms with Gasteiger partial charge in [0.2, 0.25) is 0 Å². The van der Waals surface area contributed by atoms with Gasteiger partial charge < -0.3 is 4.98 Å². The first-order chi connectivity index (χ1) is 3.30. The molecule has 1 heterocycles. The van der Waals surface area contributed by atoms with Gasteiger partial charge in [0.25, 0.3) is 0 Å². The van der Waals surface area contributed by atoms with Crippen molar-refractivity contribution in [2.24, 2.45) is 0 Å². The van der Waals surface area contributed by atoms with Crippen LogP contribution in [0.3, 0.4) is 0 Å². The summed E-state index contributed by atoms with van der Waals surface area (Å²) >= 11 is 0. The summed E-state index contributed by atoms with van der Waals surface area (Å²) in [6.07, 6.45) is 1.93. The molecule has 7 heavy (non-hydrogen) atoms. The molecule has 0 aliphatic heterocycles. The summed E-state index contributed by atoms with van der Waals surface area (Å²) in [5.74, 6) is 0. The monoisotopic (exact) mass is 113 g/mol. The Morgan fingerprint density at radius 3 is 2.57 bits per heavy atom. The van der Waals surface area contributed by atoms with E-state index in [-0.39, 0.29) is 0 Å². The second-order valence-electron chi connectivity index (χ2n) is 1.57. The fourth-order valence-electron chi connectivity index (χ4n) is 0.460. The molecule has 38 valence electrons. The maximum Gasteiger partial charge on any atom is 0.0350 e. The Kier molecular flexibility index (Phi) is 1.16. The van der Waals surface area contributed by atoms with E-state index in [4.69, 9.17) is 0 Å². The Morgan fingerprint density at radius 2 is 2.43 bits per heavy atom. The summed E-state index contributed by atoms with van der Waals surface area (Å²) in [4.78, 5) is 3.03. The predicted octanol–water partition coefficient (Wildman–Crippen LogP) is 0.824. The van der Waals surface area contributed by atoms with Crippen molar-refractivity contribution in [3.05, 3.63) is 17.8 Å². The molecule has 1 aromatic rings. The van der Waals surface area contributed by atoms with Gasteiger partial charge in [-0.15, -0.1) is 0 Å². The highest BCUT2D eigenvalue weighted by molar-refractivity contribution is 7.27. The van der Waals surface area contributed by atoms with E-state index in [0.717, 1.165) is 0 Å². The molecule has 2 heteroatoms. The maximum atomic E-state index is 3.03. The van der Waals surface area contributed by atoms with E-state index in [1.807, 2.05) is 12.3 Å². The van der Waals surface area contributed by atoms with Crippen LogP contribution in [0, 0.1) is 6.92 Å². The minimum Gasteiger partial charge on any atom is -0.362 e. The van der Waals surface area contributed by atoms with E-state index < -0.39 is 0 Å². The van der Waals surface area contributed by atoms with Gasteiger partial charge in [-0.25, -0.2) is 0 Å². The Bertz CT molecular complexity index is 140. The van der Waals surface area contributed by atoms with Crippen molar-refractivity contribution in [2.75, 3.05) is 0 Å². The van der Waals surface area contributed by atoms with Crippen molar-refractivity contribution in [1.29, 1.82) is 0 Å². The first-order valence-corrected chi connectivity index (χ1v) is 2.78. The molecule has 0 fully saturated rings. The Morgan fingerprint density at radius 1 is 1.71 bits per heavy atom. The smallest absolute Gasteiger partial charge is 0.0350 e. The van der Waals surface area contributed by atoms with Gasteiger partial charge in [-0.2, -0.15) is 0 Å². The largest absolute Gasteiger partial charge is 0.362 e. The third kappa shape index (κ3) is 0.834. The van der Waals surface area contributed by atoms with Crippen molar-refractivity contribution in [2.45, 2.75) is 6.92 Å². The Hall–Kier alpha value is -0.290. The third-order valence-corrected chi connectivity index (χ3v) is 1.62. The number of aryl methyl sites for hydroxylation is 1. The molecule has 0 saturated heterocycles. The van der Waals surface area contributed by atoms with Gasteiger partial charge in [-0.1, -0.05) is 9.24 Å². The van der Waals surface area contributed by atoms with Crippen molar-refractivity contribution in [1.82, 2.24) is 4.98 Å². The van der Waals surface area contributed by atoms with Crippen LogP contribution in [0.5, 0.6) is 0 Å². The molecule has 0 aromatic carbocycles. The number of hydrogen-bond donors (Lipinski definition) is 1. The van der Waals surface area contributed by atoms with Crippen LogP contribution in [-0.4, -0.2) is 4.98 Å². The molecule has 0 amide bonds. The quantitative estimate of drug-likeness (QED) is 0.479. The number of rotatable bonds is 0. The summed E-state index contributed by atoms with van der Waals surface area (Å²) in [7, 11) is 2.62. The van der Waals surface area contributed by atoms with Crippen LogP contribution >= 0.6 is 9.24 Å². The van der Waals surface area contributed by atoms with Crippen LogP contribution in [-0.2, 0) is 0 Å². The van der Waals surface area contributed by atoms with E-state index in [1.165, 1.54) is 11.0 Å². The molecule has 0 bridgehead atoms. The van der Waals surface area contributed by atoms with Gasteiger partial charge in [0.1, 0.15) is 0 Å². The van der Waals surface area contributed by atoms with E-state index in [0.29, 0.717) is 0 Å². The number of hydrogen-bond acceptors (Lipinski definition) is 0. The molecule has 1 N–H and O–H groups in total. The highest BCUT2D eigenvalue weighted by atomic mass is 31.0. The number of aromatic nitrogens is 1. The molecule has 0 spiro atoms. The minimum atomic E-state index is 1.18. The fourth-order valence-corrected chi connectivity index (χ4v) is 0.653. The zero-order chi connectivity index (χ0) is 5.28. The average molecular weight is 113 g/mol. The normalized spacial score (nSPS) is 9.43. The minimum absolute atomic E-state index is 1.18. The molecular formula is C5H8NP. The molecule has 0 radical (unpaired) electrons. The number of H-pyrrole nitrogens is 1. The van der Waals surface area contributed by atoms with Crippen molar-refractivity contribution in [3.63, 3.8) is 0 Å². The molecule has 1 aromatic heterocycles. The van der Waals surface area contributed by atoms with Gasteiger partial charge in [0.05, 0.1) is 0 Å². The summed E-state index contributed by atoms with van der Waals surface area (Å²) in [6.45, 7) is 2.07. The van der Waals surface area contributed by atoms with Gasteiger partial charge in [0, 0.05) is 11.6 Å². The molecule has 1 nitrogen and oxygen atoms in total. The third-order valence-electron chi connectivity index (χ3n) is 0.997. The highest BCUT2D eigenvalue weighted by Crippen LogP contribution is 1.93. The van der Waals surface area contributed by atoms with Crippen LogP contribution in [0.15, 0.2) is 12.3 Å². The van der Waals surface area contributed by atoms with Crippen LogP contribution in [0.25, 0.3) is 0 Å². The molecule has 0 saturated carbocycles. The van der Waals surface area contributed by atoms with Crippen LogP contribution in [0.1, 0.15) is 5.56 Å². The first kappa shape index (κ1) is 4.86. The lowest BCUT2D eigenvalue weighted by Crippen LogP contribution is -1.91. The second-order valence-corrected chi connectivity index (χ2v) is 2.15. The topological polar surface area (TPSA) is 15.8 Å². The summed E-state index contributed by atoms with van der Waals surface area (Å²) in [5.41, 5.74) is 2.48. The van der Waals surface area contributed by atoms with E-state index in [1.54, 1.807) is 0 Å². The van der Waals surface area contributed by atoms with Crippen LogP contribution < -0.4 is 5.44 Å². The van der Waals surface area contributed by atoms with Gasteiger partial charge in [-0.05, 0) is 18.6 Å². The zero-order valence-electron chi connectivity index (χ0n) is 4.23. The Labute approximate surface area is 45.3 Å². The average Bonchev–Trinajstić information content (AvgIpc) is 1.91. The molecule has 0 aliphatic rings. The van der Waals surface area contributed by atoms with Gasteiger partial charge in [-0.3, -0.25) is 0 Å². The standard InChI is InChI=1S/C5H8NP/c1-4-2-3-6-5(4)7/h2-3,6H,7H2,1H3. The number of nitrogens with one attached hydrogen (secondary N) is 1. The summed E-state index contributed by atoms with van der Waals surface area (Å²) < 4.78 is 0. The van der Waals surface area contributed by atoms with E-state index >= 15 is 0 Å². The van der Waals surface area contributed by atoms with Crippen molar-refractivity contribution < 1.29 is 0 Å². The Balaban J connectivity index is 3.12. The summed E-state index contributed by atoms with van der Waals surface area (Å²) in [5, 5.41) is 0. The molecule has 1 unspecified atom stereocenters. The van der Waals surface area contributed by atoms with Gasteiger partial charge in [0.15, 0.2) is 0 Å². The molecule has 1 rings (SSSR count). The number of aromatic amines is 1. The first-order valence-electron chi connectivity index (χ1n) is 2.20.